The van der Waals surface area contributed by atoms with Gasteiger partial charge in [-0.15, -0.1) is 0 Å². The zero-order valence-corrected chi connectivity index (χ0v) is 10.7. The number of ether oxygens (including phenoxy) is 1. The van der Waals surface area contributed by atoms with Crippen molar-refractivity contribution in [3.63, 3.8) is 0 Å². The fourth-order valence-electron chi connectivity index (χ4n) is 3.53. The normalized spacial score (nSPS) is 30.7. The number of benzene rings is 1. The minimum absolute atomic E-state index is 0.500. The SMILES string of the molecule is c1cc2c(cc1CN1CC3CCC(C1)O3)CNC2. The van der Waals surface area contributed by atoms with Gasteiger partial charge in [0.2, 0.25) is 0 Å². The van der Waals surface area contributed by atoms with Gasteiger partial charge in [-0.2, -0.15) is 0 Å². The fraction of sp³-hybridized carbons (Fsp3) is 0.600. The molecule has 1 aromatic carbocycles. The maximum atomic E-state index is 5.89. The summed E-state index contributed by atoms with van der Waals surface area (Å²) in [6, 6.07) is 6.97. The van der Waals surface area contributed by atoms with Crippen LogP contribution in [-0.2, 0) is 24.4 Å². The van der Waals surface area contributed by atoms with Crippen molar-refractivity contribution >= 4 is 0 Å². The van der Waals surface area contributed by atoms with Crippen LogP contribution in [0.5, 0.6) is 0 Å². The molecule has 3 heterocycles. The predicted octanol–water partition coefficient (Wildman–Crippen LogP) is 1.65. The summed E-state index contributed by atoms with van der Waals surface area (Å²) in [5, 5.41) is 3.41. The third kappa shape index (κ3) is 1.96. The van der Waals surface area contributed by atoms with E-state index in [1.807, 2.05) is 0 Å². The molecule has 0 aliphatic carbocycles. The lowest BCUT2D eigenvalue weighted by molar-refractivity contribution is -0.0410. The van der Waals surface area contributed by atoms with Crippen molar-refractivity contribution in [2.45, 2.75) is 44.7 Å². The molecule has 0 spiro atoms. The van der Waals surface area contributed by atoms with E-state index in [1.165, 1.54) is 29.5 Å². The van der Waals surface area contributed by atoms with Gasteiger partial charge in [-0.25, -0.2) is 0 Å². The van der Waals surface area contributed by atoms with Crippen LogP contribution in [0.1, 0.15) is 29.5 Å². The van der Waals surface area contributed by atoms with Crippen LogP contribution < -0.4 is 5.32 Å². The maximum absolute atomic E-state index is 5.89. The molecule has 2 bridgehead atoms. The van der Waals surface area contributed by atoms with Gasteiger partial charge in [0, 0.05) is 32.7 Å². The first-order valence-corrected chi connectivity index (χ1v) is 7.06. The van der Waals surface area contributed by atoms with Crippen LogP contribution in [0, 0.1) is 0 Å². The molecule has 0 amide bonds. The molecule has 1 N–H and O–H groups in total. The summed E-state index contributed by atoms with van der Waals surface area (Å²) in [5.41, 5.74) is 4.42. The van der Waals surface area contributed by atoms with E-state index in [0.717, 1.165) is 32.7 Å². The molecule has 96 valence electrons. The van der Waals surface area contributed by atoms with E-state index >= 15 is 0 Å². The molecule has 3 heteroatoms. The Balaban J connectivity index is 1.48. The van der Waals surface area contributed by atoms with E-state index in [1.54, 1.807) is 0 Å². The summed E-state index contributed by atoms with van der Waals surface area (Å²) < 4.78 is 5.89. The van der Waals surface area contributed by atoms with Crippen LogP contribution in [-0.4, -0.2) is 30.2 Å². The van der Waals surface area contributed by atoms with Crippen LogP contribution in [0.4, 0.5) is 0 Å². The van der Waals surface area contributed by atoms with Crippen molar-refractivity contribution in [1.82, 2.24) is 10.2 Å². The van der Waals surface area contributed by atoms with Gasteiger partial charge in [0.1, 0.15) is 0 Å². The molecule has 3 aliphatic rings. The Kier molecular flexibility index (Phi) is 2.64. The minimum atomic E-state index is 0.500. The van der Waals surface area contributed by atoms with Crippen LogP contribution in [0.15, 0.2) is 18.2 Å². The number of nitrogens with zero attached hydrogens (tertiary/aromatic N) is 1. The topological polar surface area (TPSA) is 24.5 Å². The molecule has 18 heavy (non-hydrogen) atoms. The Morgan fingerprint density at radius 3 is 2.72 bits per heavy atom. The smallest absolute Gasteiger partial charge is 0.0707 e. The van der Waals surface area contributed by atoms with E-state index in [9.17, 15) is 0 Å². The van der Waals surface area contributed by atoms with Gasteiger partial charge >= 0.3 is 0 Å². The van der Waals surface area contributed by atoms with E-state index in [2.05, 4.69) is 28.4 Å². The van der Waals surface area contributed by atoms with Gasteiger partial charge in [0.05, 0.1) is 12.2 Å². The second kappa shape index (κ2) is 4.34. The molecule has 0 saturated carbocycles. The van der Waals surface area contributed by atoms with E-state index in [0.29, 0.717) is 12.2 Å². The van der Waals surface area contributed by atoms with E-state index < -0.39 is 0 Å². The fourth-order valence-corrected chi connectivity index (χ4v) is 3.53. The standard InChI is InChI=1S/C15H20N2O/c1-2-12-6-16-7-13(12)5-11(1)8-17-9-14-3-4-15(10-17)18-14/h1-2,5,14-16H,3-4,6-10H2. The van der Waals surface area contributed by atoms with Crippen LogP contribution in [0.3, 0.4) is 0 Å². The lowest BCUT2D eigenvalue weighted by Gasteiger charge is -2.32. The lowest BCUT2D eigenvalue weighted by atomic mass is 10.1. The predicted molar refractivity (Wildman–Crippen MR) is 70.2 cm³/mol. The van der Waals surface area contributed by atoms with Crippen molar-refractivity contribution in [2.75, 3.05) is 13.1 Å². The van der Waals surface area contributed by atoms with Crippen molar-refractivity contribution in [2.24, 2.45) is 0 Å². The van der Waals surface area contributed by atoms with Crippen LogP contribution in [0.2, 0.25) is 0 Å². The molecule has 0 radical (unpaired) electrons. The third-order valence-electron chi connectivity index (χ3n) is 4.43. The number of rotatable bonds is 2. The molecule has 2 unspecified atom stereocenters. The highest BCUT2D eigenvalue weighted by molar-refractivity contribution is 5.34. The Bertz CT molecular complexity index is 448. The molecule has 2 atom stereocenters. The Morgan fingerprint density at radius 2 is 1.89 bits per heavy atom. The molecule has 0 aromatic heterocycles. The highest BCUT2D eigenvalue weighted by Gasteiger charge is 2.33. The number of morpholine rings is 1. The molecule has 1 aromatic rings. The average molecular weight is 244 g/mol. The van der Waals surface area contributed by atoms with E-state index in [4.69, 9.17) is 4.74 Å². The molecule has 3 aliphatic heterocycles. The Hall–Kier alpha value is -0.900. The van der Waals surface area contributed by atoms with Crippen molar-refractivity contribution in [3.05, 3.63) is 34.9 Å². The quantitative estimate of drug-likeness (QED) is 0.856. The number of hydrogen-bond donors (Lipinski definition) is 1. The first-order valence-electron chi connectivity index (χ1n) is 7.06. The zero-order chi connectivity index (χ0) is 11.9. The average Bonchev–Trinajstić information content (AvgIpc) is 2.95. The zero-order valence-electron chi connectivity index (χ0n) is 10.7. The number of fused-ring (bicyclic) bond motifs is 3. The maximum Gasteiger partial charge on any atom is 0.0707 e. The summed E-state index contributed by atoms with van der Waals surface area (Å²) in [7, 11) is 0. The van der Waals surface area contributed by atoms with Crippen LogP contribution in [0.25, 0.3) is 0 Å². The van der Waals surface area contributed by atoms with Gasteiger partial charge in [-0.3, -0.25) is 4.90 Å². The number of hydrogen-bond acceptors (Lipinski definition) is 3. The molecule has 4 rings (SSSR count). The largest absolute Gasteiger partial charge is 0.372 e. The molecule has 3 nitrogen and oxygen atoms in total. The third-order valence-corrected chi connectivity index (χ3v) is 4.43. The second-order valence-corrected chi connectivity index (χ2v) is 5.86. The monoisotopic (exact) mass is 244 g/mol. The highest BCUT2D eigenvalue weighted by Crippen LogP contribution is 2.27. The highest BCUT2D eigenvalue weighted by atomic mass is 16.5. The summed E-state index contributed by atoms with van der Waals surface area (Å²) in [5.74, 6) is 0. The number of nitrogens with one attached hydrogen (secondary N) is 1. The Labute approximate surface area is 108 Å². The summed E-state index contributed by atoms with van der Waals surface area (Å²) in [4.78, 5) is 2.57. The summed E-state index contributed by atoms with van der Waals surface area (Å²) in [6.07, 6.45) is 3.52. The first-order chi connectivity index (χ1) is 8.87. The van der Waals surface area contributed by atoms with Gasteiger partial charge in [0.25, 0.3) is 0 Å². The van der Waals surface area contributed by atoms with Gasteiger partial charge in [-0.1, -0.05) is 18.2 Å². The van der Waals surface area contributed by atoms with Gasteiger partial charge < -0.3 is 10.1 Å². The van der Waals surface area contributed by atoms with Gasteiger partial charge in [0.15, 0.2) is 0 Å². The van der Waals surface area contributed by atoms with Crippen molar-refractivity contribution < 1.29 is 4.74 Å². The van der Waals surface area contributed by atoms with Gasteiger partial charge in [-0.05, 0) is 29.5 Å². The summed E-state index contributed by atoms with van der Waals surface area (Å²) >= 11 is 0. The molecule has 2 saturated heterocycles. The van der Waals surface area contributed by atoms with Crippen molar-refractivity contribution in [3.8, 4) is 0 Å². The Morgan fingerprint density at radius 1 is 1.11 bits per heavy atom. The minimum Gasteiger partial charge on any atom is -0.372 e. The first kappa shape index (κ1) is 11.0. The second-order valence-electron chi connectivity index (χ2n) is 5.86. The lowest BCUT2D eigenvalue weighted by Crippen LogP contribution is -2.41. The summed E-state index contributed by atoms with van der Waals surface area (Å²) in [6.45, 7) is 5.40. The van der Waals surface area contributed by atoms with Crippen LogP contribution >= 0.6 is 0 Å². The number of likely N-dealkylation sites (tertiary alicyclic amines) is 1. The molecule has 2 fully saturated rings. The van der Waals surface area contributed by atoms with Crippen molar-refractivity contribution in [1.29, 1.82) is 0 Å². The molecular formula is C15H20N2O. The molecular weight excluding hydrogens is 224 g/mol. The van der Waals surface area contributed by atoms with E-state index in [-0.39, 0.29) is 0 Å².